The van der Waals surface area contributed by atoms with Crippen molar-refractivity contribution in [2.75, 3.05) is 0 Å². The van der Waals surface area contributed by atoms with Crippen molar-refractivity contribution in [3.63, 3.8) is 0 Å². The monoisotopic (exact) mass is 451 g/mol. The van der Waals surface area contributed by atoms with Crippen LogP contribution in [0.25, 0.3) is 11.3 Å². The van der Waals surface area contributed by atoms with Crippen molar-refractivity contribution >= 4 is 40.7 Å². The minimum Gasteiger partial charge on any atom is -0.455 e. The van der Waals surface area contributed by atoms with Gasteiger partial charge < -0.3 is 9.73 Å². The van der Waals surface area contributed by atoms with Gasteiger partial charge in [-0.05, 0) is 59.9 Å². The van der Waals surface area contributed by atoms with Crippen molar-refractivity contribution in [1.82, 2.24) is 5.32 Å². The maximum Gasteiger partial charge on any atom is 0.239 e. The van der Waals surface area contributed by atoms with E-state index in [1.165, 1.54) is 23.5 Å². The third-order valence-electron chi connectivity index (χ3n) is 4.93. The summed E-state index contributed by atoms with van der Waals surface area (Å²) in [5, 5.41) is 12.0. The standard InChI is InChI=1S/C24H22ClN3O2S/c1-15(2)17-5-3-16(4-6-17)13-22-23(29)27-24(31-22)28-26-14-20-11-12-21(30-20)18-7-9-19(25)10-8-18/h3-12,14-15,22H,13H2,1-2H3,(H,27,28,29)/b26-14+. The Morgan fingerprint density at radius 1 is 1.10 bits per heavy atom. The van der Waals surface area contributed by atoms with Crippen molar-refractivity contribution in [1.29, 1.82) is 0 Å². The molecule has 2 heterocycles. The van der Waals surface area contributed by atoms with E-state index in [1.54, 1.807) is 0 Å². The minimum absolute atomic E-state index is 0.0464. The van der Waals surface area contributed by atoms with Gasteiger partial charge in [-0.25, -0.2) is 0 Å². The molecule has 4 rings (SSSR count). The summed E-state index contributed by atoms with van der Waals surface area (Å²) in [5.74, 6) is 1.74. The number of carbonyl (C=O) groups is 1. The highest BCUT2D eigenvalue weighted by molar-refractivity contribution is 8.15. The van der Waals surface area contributed by atoms with Crippen LogP contribution in [0.15, 0.2) is 75.3 Å². The number of nitrogens with one attached hydrogen (secondary N) is 1. The largest absolute Gasteiger partial charge is 0.455 e. The lowest BCUT2D eigenvalue weighted by molar-refractivity contribution is -0.118. The summed E-state index contributed by atoms with van der Waals surface area (Å²) in [4.78, 5) is 12.3. The second-order valence-corrected chi connectivity index (χ2v) is 9.18. The van der Waals surface area contributed by atoms with E-state index < -0.39 is 0 Å². The molecule has 1 aliphatic rings. The molecule has 1 fully saturated rings. The molecule has 1 saturated heterocycles. The van der Waals surface area contributed by atoms with Crippen LogP contribution in [-0.4, -0.2) is 22.5 Å². The molecule has 1 unspecified atom stereocenters. The number of amidine groups is 1. The first-order chi connectivity index (χ1) is 15.0. The molecule has 1 atom stereocenters. The van der Waals surface area contributed by atoms with Crippen LogP contribution in [-0.2, 0) is 11.2 Å². The Hall–Kier alpha value is -2.83. The number of benzene rings is 2. The number of amides is 1. The van der Waals surface area contributed by atoms with Gasteiger partial charge in [0.05, 0.1) is 11.5 Å². The first-order valence-electron chi connectivity index (χ1n) is 10.0. The smallest absolute Gasteiger partial charge is 0.239 e. The fourth-order valence-electron chi connectivity index (χ4n) is 3.17. The van der Waals surface area contributed by atoms with Gasteiger partial charge in [-0.3, -0.25) is 4.79 Å². The molecule has 0 spiro atoms. The van der Waals surface area contributed by atoms with Gasteiger partial charge in [0.2, 0.25) is 5.91 Å². The summed E-state index contributed by atoms with van der Waals surface area (Å²) < 4.78 is 5.77. The number of hydrogen-bond donors (Lipinski definition) is 1. The zero-order chi connectivity index (χ0) is 21.8. The Morgan fingerprint density at radius 3 is 2.55 bits per heavy atom. The predicted octanol–water partition coefficient (Wildman–Crippen LogP) is 5.89. The molecule has 1 amide bonds. The van der Waals surface area contributed by atoms with Crippen LogP contribution in [0.4, 0.5) is 0 Å². The van der Waals surface area contributed by atoms with E-state index in [4.69, 9.17) is 16.0 Å². The highest BCUT2D eigenvalue weighted by Gasteiger charge is 2.30. The summed E-state index contributed by atoms with van der Waals surface area (Å²) in [6.45, 7) is 4.33. The molecular formula is C24H22ClN3O2S. The van der Waals surface area contributed by atoms with Crippen molar-refractivity contribution in [2.24, 2.45) is 10.2 Å². The fraction of sp³-hybridized carbons (Fsp3) is 0.208. The third-order valence-corrected chi connectivity index (χ3v) is 6.26. The van der Waals surface area contributed by atoms with E-state index in [0.29, 0.717) is 28.3 Å². The van der Waals surface area contributed by atoms with E-state index in [9.17, 15) is 4.79 Å². The number of nitrogens with zero attached hydrogens (tertiary/aromatic N) is 2. The van der Waals surface area contributed by atoms with Crippen LogP contribution in [0.2, 0.25) is 5.02 Å². The van der Waals surface area contributed by atoms with Gasteiger partial charge in [0.1, 0.15) is 11.5 Å². The Bertz CT molecular complexity index is 1120. The Morgan fingerprint density at radius 2 is 1.84 bits per heavy atom. The Kier molecular flexibility index (Phi) is 6.59. The Labute approximate surface area is 190 Å². The lowest BCUT2D eigenvalue weighted by atomic mass is 10.0. The van der Waals surface area contributed by atoms with Gasteiger partial charge in [0.25, 0.3) is 0 Å². The van der Waals surface area contributed by atoms with E-state index in [-0.39, 0.29) is 11.2 Å². The normalized spacial score (nSPS) is 17.7. The van der Waals surface area contributed by atoms with Gasteiger partial charge in [-0.2, -0.15) is 5.10 Å². The number of rotatable bonds is 6. The molecule has 0 bridgehead atoms. The van der Waals surface area contributed by atoms with Gasteiger partial charge in [-0.15, -0.1) is 5.10 Å². The van der Waals surface area contributed by atoms with E-state index >= 15 is 0 Å². The summed E-state index contributed by atoms with van der Waals surface area (Å²) in [7, 11) is 0. The molecular weight excluding hydrogens is 430 g/mol. The highest BCUT2D eigenvalue weighted by Crippen LogP contribution is 2.25. The summed E-state index contributed by atoms with van der Waals surface area (Å²) in [6, 6.07) is 19.5. The third kappa shape index (κ3) is 5.46. The lowest BCUT2D eigenvalue weighted by Crippen LogP contribution is -2.25. The molecule has 3 aromatic rings. The first-order valence-corrected chi connectivity index (χ1v) is 11.3. The molecule has 31 heavy (non-hydrogen) atoms. The molecule has 5 nitrogen and oxygen atoms in total. The second kappa shape index (κ2) is 9.54. The maximum absolute atomic E-state index is 12.3. The molecule has 158 valence electrons. The van der Waals surface area contributed by atoms with Crippen LogP contribution in [0, 0.1) is 0 Å². The van der Waals surface area contributed by atoms with E-state index in [2.05, 4.69) is 53.6 Å². The molecule has 1 aliphatic heterocycles. The lowest BCUT2D eigenvalue weighted by Gasteiger charge is -2.08. The van der Waals surface area contributed by atoms with Crippen molar-refractivity contribution < 1.29 is 9.21 Å². The van der Waals surface area contributed by atoms with Crippen molar-refractivity contribution in [2.45, 2.75) is 31.4 Å². The zero-order valence-corrected chi connectivity index (χ0v) is 18.8. The second-order valence-electron chi connectivity index (χ2n) is 7.55. The molecule has 0 radical (unpaired) electrons. The molecule has 7 heteroatoms. The number of hydrogen-bond acceptors (Lipinski definition) is 5. The maximum atomic E-state index is 12.3. The van der Waals surface area contributed by atoms with E-state index in [1.807, 2.05) is 36.4 Å². The average Bonchev–Trinajstić information content (AvgIpc) is 3.36. The summed E-state index contributed by atoms with van der Waals surface area (Å²) in [5.41, 5.74) is 3.35. The van der Waals surface area contributed by atoms with Gasteiger partial charge in [-0.1, -0.05) is 61.5 Å². The van der Waals surface area contributed by atoms with Crippen LogP contribution in [0.1, 0.15) is 36.7 Å². The number of thioether (sulfide) groups is 1. The van der Waals surface area contributed by atoms with Crippen LogP contribution in [0.3, 0.4) is 0 Å². The molecule has 1 aromatic heterocycles. The summed E-state index contributed by atoms with van der Waals surface area (Å²) >= 11 is 7.32. The number of halogens is 1. The van der Waals surface area contributed by atoms with E-state index in [0.717, 1.165) is 16.9 Å². The number of carbonyl (C=O) groups excluding carboxylic acids is 1. The van der Waals surface area contributed by atoms with Crippen LogP contribution in [0.5, 0.6) is 0 Å². The van der Waals surface area contributed by atoms with Gasteiger partial charge >= 0.3 is 0 Å². The zero-order valence-electron chi connectivity index (χ0n) is 17.2. The SMILES string of the molecule is CC(C)c1ccc(CC2S/C(=N/N=C/c3ccc(-c4ccc(Cl)cc4)o3)NC2=O)cc1. The fourth-order valence-corrected chi connectivity index (χ4v) is 4.26. The van der Waals surface area contributed by atoms with Crippen LogP contribution >= 0.6 is 23.4 Å². The Balaban J connectivity index is 1.36. The average molecular weight is 452 g/mol. The van der Waals surface area contributed by atoms with Gasteiger partial charge in [0.15, 0.2) is 5.17 Å². The van der Waals surface area contributed by atoms with Crippen molar-refractivity contribution in [3.05, 3.63) is 82.6 Å². The predicted molar refractivity (Wildman–Crippen MR) is 128 cm³/mol. The minimum atomic E-state index is -0.209. The highest BCUT2D eigenvalue weighted by atomic mass is 35.5. The molecule has 0 saturated carbocycles. The number of furan rings is 1. The first kappa shape index (κ1) is 21.4. The topological polar surface area (TPSA) is 67.0 Å². The van der Waals surface area contributed by atoms with Crippen LogP contribution < -0.4 is 5.32 Å². The molecule has 1 N–H and O–H groups in total. The quantitative estimate of drug-likeness (QED) is 0.375. The molecule has 2 aromatic carbocycles. The molecule has 0 aliphatic carbocycles. The summed E-state index contributed by atoms with van der Waals surface area (Å²) in [6.07, 6.45) is 2.18. The van der Waals surface area contributed by atoms with Crippen molar-refractivity contribution in [3.8, 4) is 11.3 Å². The van der Waals surface area contributed by atoms with Gasteiger partial charge in [0, 0.05) is 10.6 Å².